The molecule has 0 bridgehead atoms. The Bertz CT molecular complexity index is 953. The summed E-state index contributed by atoms with van der Waals surface area (Å²) in [6, 6.07) is 12.1. The Morgan fingerprint density at radius 2 is 1.75 bits per heavy atom. The number of benzene rings is 2. The monoisotopic (exact) mass is 378 g/mol. The van der Waals surface area contributed by atoms with Gasteiger partial charge in [0.25, 0.3) is 5.91 Å². The summed E-state index contributed by atoms with van der Waals surface area (Å²) in [7, 11) is 0. The predicted molar refractivity (Wildman–Crippen MR) is 108 cm³/mol. The van der Waals surface area contributed by atoms with Crippen molar-refractivity contribution in [2.75, 3.05) is 5.32 Å². The van der Waals surface area contributed by atoms with E-state index >= 15 is 0 Å². The maximum Gasteiger partial charge on any atom is 0.254 e. The molecule has 28 heavy (non-hydrogen) atoms. The number of aryl methyl sites for hydroxylation is 1. The van der Waals surface area contributed by atoms with Gasteiger partial charge in [-0.2, -0.15) is 0 Å². The van der Waals surface area contributed by atoms with Crippen molar-refractivity contribution < 1.29 is 9.18 Å². The largest absolute Gasteiger partial charge is 0.348 e. The van der Waals surface area contributed by atoms with Crippen LogP contribution < -0.4 is 10.6 Å². The molecule has 1 aromatic heterocycles. The van der Waals surface area contributed by atoms with E-state index < -0.39 is 0 Å². The maximum atomic E-state index is 12.9. The van der Waals surface area contributed by atoms with Crippen molar-refractivity contribution in [2.45, 2.75) is 33.2 Å². The molecule has 0 aliphatic carbocycles. The summed E-state index contributed by atoms with van der Waals surface area (Å²) < 4.78 is 12.9. The van der Waals surface area contributed by atoms with Gasteiger partial charge < -0.3 is 10.6 Å². The van der Waals surface area contributed by atoms with Crippen LogP contribution in [0.5, 0.6) is 0 Å². The Labute approximate surface area is 164 Å². The van der Waals surface area contributed by atoms with Gasteiger partial charge in [-0.3, -0.25) is 4.79 Å². The van der Waals surface area contributed by atoms with E-state index in [9.17, 15) is 9.18 Å². The average molecular weight is 378 g/mol. The Morgan fingerprint density at radius 3 is 2.39 bits per heavy atom. The number of nitrogens with one attached hydrogen (secondary N) is 2. The predicted octanol–water partition coefficient (Wildman–Crippen LogP) is 4.72. The molecule has 0 aliphatic rings. The number of amides is 1. The highest BCUT2D eigenvalue weighted by Crippen LogP contribution is 2.29. The molecule has 1 heterocycles. The minimum absolute atomic E-state index is 0.283. The fraction of sp³-hybridized carbons (Fsp3) is 0.227. The number of aromatic nitrogens is 2. The minimum atomic E-state index is -0.305. The first kappa shape index (κ1) is 19.5. The fourth-order valence-electron chi connectivity index (χ4n) is 2.85. The Balaban J connectivity index is 1.67. The van der Waals surface area contributed by atoms with E-state index in [2.05, 4.69) is 40.5 Å². The Kier molecular flexibility index (Phi) is 5.99. The third kappa shape index (κ3) is 4.71. The van der Waals surface area contributed by atoms with Gasteiger partial charge in [0.2, 0.25) is 5.95 Å². The van der Waals surface area contributed by atoms with Crippen LogP contribution in [0.2, 0.25) is 0 Å². The van der Waals surface area contributed by atoms with Crippen molar-refractivity contribution in [3.05, 3.63) is 82.9 Å². The van der Waals surface area contributed by atoms with Gasteiger partial charge in [0, 0.05) is 24.6 Å². The second-order valence-corrected chi connectivity index (χ2v) is 6.92. The molecule has 6 heteroatoms. The molecule has 3 rings (SSSR count). The number of hydrogen-bond acceptors (Lipinski definition) is 4. The highest BCUT2D eigenvalue weighted by Gasteiger charge is 2.12. The standard InChI is InChI=1S/C22H23FN4O/c1-14(2)19-6-4-5-15(3)20(19)27-22-25-12-17(13-26-22)21(28)24-11-16-7-9-18(23)10-8-16/h4-10,12-14H,11H2,1-3H3,(H,24,28)(H,25,26,27). The van der Waals surface area contributed by atoms with Gasteiger partial charge in [0.15, 0.2) is 0 Å². The molecule has 0 spiro atoms. The molecule has 0 unspecified atom stereocenters. The van der Waals surface area contributed by atoms with Gasteiger partial charge in [-0.1, -0.05) is 44.2 Å². The van der Waals surface area contributed by atoms with E-state index in [1.807, 2.05) is 19.1 Å². The zero-order valence-corrected chi connectivity index (χ0v) is 16.2. The van der Waals surface area contributed by atoms with E-state index in [0.29, 0.717) is 24.0 Å². The summed E-state index contributed by atoms with van der Waals surface area (Å²) in [5, 5.41) is 6.04. The highest BCUT2D eigenvalue weighted by atomic mass is 19.1. The van der Waals surface area contributed by atoms with Crippen LogP contribution in [0.4, 0.5) is 16.0 Å². The molecule has 0 saturated heterocycles. The molecular formula is C22H23FN4O. The van der Waals surface area contributed by atoms with Crippen molar-refractivity contribution in [2.24, 2.45) is 0 Å². The summed E-state index contributed by atoms with van der Waals surface area (Å²) in [6.45, 7) is 6.61. The number of para-hydroxylation sites is 1. The normalized spacial score (nSPS) is 10.8. The van der Waals surface area contributed by atoms with Gasteiger partial charge in [-0.15, -0.1) is 0 Å². The summed E-state index contributed by atoms with van der Waals surface area (Å²) >= 11 is 0. The van der Waals surface area contributed by atoms with Crippen LogP contribution >= 0.6 is 0 Å². The van der Waals surface area contributed by atoms with Crippen molar-refractivity contribution in [3.8, 4) is 0 Å². The fourth-order valence-corrected chi connectivity index (χ4v) is 2.85. The molecule has 2 aromatic carbocycles. The quantitative estimate of drug-likeness (QED) is 0.651. The van der Waals surface area contributed by atoms with Crippen molar-refractivity contribution in [1.29, 1.82) is 0 Å². The Hall–Kier alpha value is -3.28. The summed E-state index contributed by atoms with van der Waals surface area (Å²) in [6.07, 6.45) is 2.98. The Morgan fingerprint density at radius 1 is 1.07 bits per heavy atom. The van der Waals surface area contributed by atoms with Gasteiger partial charge in [-0.25, -0.2) is 14.4 Å². The molecule has 0 aliphatic heterocycles. The zero-order valence-electron chi connectivity index (χ0n) is 16.2. The number of hydrogen-bond donors (Lipinski definition) is 2. The molecule has 144 valence electrons. The third-order valence-electron chi connectivity index (χ3n) is 4.44. The highest BCUT2D eigenvalue weighted by molar-refractivity contribution is 5.93. The van der Waals surface area contributed by atoms with Crippen molar-refractivity contribution in [1.82, 2.24) is 15.3 Å². The lowest BCUT2D eigenvalue weighted by molar-refractivity contribution is 0.0950. The number of carbonyl (C=O) groups is 1. The topological polar surface area (TPSA) is 66.9 Å². The summed E-state index contributed by atoms with van der Waals surface area (Å²) in [4.78, 5) is 20.8. The second kappa shape index (κ2) is 8.61. The van der Waals surface area contributed by atoms with Crippen LogP contribution in [0.3, 0.4) is 0 Å². The number of anilines is 2. The lowest BCUT2D eigenvalue weighted by Crippen LogP contribution is -2.23. The summed E-state index contributed by atoms with van der Waals surface area (Å²) in [5.74, 6) is 0.209. The first-order valence-electron chi connectivity index (χ1n) is 9.15. The minimum Gasteiger partial charge on any atom is -0.348 e. The van der Waals surface area contributed by atoms with E-state index in [4.69, 9.17) is 0 Å². The van der Waals surface area contributed by atoms with Crippen LogP contribution in [0.25, 0.3) is 0 Å². The van der Waals surface area contributed by atoms with E-state index in [-0.39, 0.29) is 11.7 Å². The first-order valence-corrected chi connectivity index (χ1v) is 9.15. The van der Waals surface area contributed by atoms with Crippen molar-refractivity contribution >= 4 is 17.5 Å². The SMILES string of the molecule is Cc1cccc(C(C)C)c1Nc1ncc(C(=O)NCc2ccc(F)cc2)cn1. The molecular weight excluding hydrogens is 355 g/mol. The molecule has 0 radical (unpaired) electrons. The molecule has 0 saturated carbocycles. The second-order valence-electron chi connectivity index (χ2n) is 6.92. The van der Waals surface area contributed by atoms with Gasteiger partial charge in [0.05, 0.1) is 5.56 Å². The van der Waals surface area contributed by atoms with Crippen molar-refractivity contribution in [3.63, 3.8) is 0 Å². The van der Waals surface area contributed by atoms with Crippen LogP contribution in [-0.4, -0.2) is 15.9 Å². The molecule has 0 fully saturated rings. The third-order valence-corrected chi connectivity index (χ3v) is 4.44. The molecule has 0 atom stereocenters. The molecule has 2 N–H and O–H groups in total. The number of carbonyl (C=O) groups excluding carboxylic acids is 1. The van der Waals surface area contributed by atoms with E-state index in [0.717, 1.165) is 16.8 Å². The van der Waals surface area contributed by atoms with Crippen LogP contribution in [0.1, 0.15) is 46.8 Å². The molecule has 3 aromatic rings. The van der Waals surface area contributed by atoms with Gasteiger partial charge >= 0.3 is 0 Å². The zero-order chi connectivity index (χ0) is 20.1. The van der Waals surface area contributed by atoms with Gasteiger partial charge in [0.1, 0.15) is 5.82 Å². The van der Waals surface area contributed by atoms with Crippen LogP contribution in [-0.2, 0) is 6.54 Å². The van der Waals surface area contributed by atoms with Gasteiger partial charge in [-0.05, 0) is 41.7 Å². The van der Waals surface area contributed by atoms with Crippen LogP contribution in [0.15, 0.2) is 54.9 Å². The lowest BCUT2D eigenvalue weighted by Gasteiger charge is -2.16. The first-order chi connectivity index (χ1) is 13.4. The van der Waals surface area contributed by atoms with E-state index in [1.54, 1.807) is 12.1 Å². The number of halogens is 1. The van der Waals surface area contributed by atoms with Crippen LogP contribution in [0, 0.1) is 12.7 Å². The number of nitrogens with zero attached hydrogens (tertiary/aromatic N) is 2. The van der Waals surface area contributed by atoms with E-state index in [1.165, 1.54) is 30.1 Å². The smallest absolute Gasteiger partial charge is 0.254 e. The molecule has 1 amide bonds. The number of rotatable bonds is 6. The molecule has 5 nitrogen and oxygen atoms in total. The lowest BCUT2D eigenvalue weighted by atomic mass is 9.98. The maximum absolute atomic E-state index is 12.9. The summed E-state index contributed by atoms with van der Waals surface area (Å²) in [5.41, 5.74) is 4.46. The average Bonchev–Trinajstić information content (AvgIpc) is 2.69.